The molecule has 1 aliphatic carbocycles. The Hall–Kier alpha value is -2.88. The minimum absolute atomic E-state index is 0.0669. The van der Waals surface area contributed by atoms with Crippen LogP contribution < -0.4 is 10.2 Å². The van der Waals surface area contributed by atoms with Crippen molar-refractivity contribution in [1.29, 1.82) is 5.26 Å². The van der Waals surface area contributed by atoms with Gasteiger partial charge in [0, 0.05) is 18.7 Å². The Morgan fingerprint density at radius 3 is 2.68 bits per heavy atom. The topological polar surface area (TPSA) is 99.5 Å². The number of hydrogen-bond acceptors (Lipinski definition) is 5. The molecule has 1 saturated heterocycles. The quantitative estimate of drug-likeness (QED) is 0.675. The van der Waals surface area contributed by atoms with Crippen molar-refractivity contribution >= 4 is 23.5 Å². The number of amides is 2. The summed E-state index contributed by atoms with van der Waals surface area (Å²) in [5, 5.41) is 12.2. The van der Waals surface area contributed by atoms with Crippen molar-refractivity contribution in [3.63, 3.8) is 0 Å². The highest BCUT2D eigenvalue weighted by Crippen LogP contribution is 2.33. The number of carbonyl (C=O) groups excluding carboxylic acids is 3. The SMILES string of the molecule is CC[C@@H](C)c1ccccc1N1C[C@@H](C(=O)OCC(=O)NC2(C#N)CCCCC2)CC1=O. The number of rotatable bonds is 7. The molecule has 1 saturated carbocycles. The number of carbonyl (C=O) groups is 3. The fraction of sp³-hybridized carbons (Fsp3) is 0.583. The molecular weight excluding hydrogens is 394 g/mol. The summed E-state index contributed by atoms with van der Waals surface area (Å²) < 4.78 is 5.21. The van der Waals surface area contributed by atoms with Gasteiger partial charge < -0.3 is 15.0 Å². The first kappa shape index (κ1) is 22.8. The molecule has 2 amide bonds. The first-order valence-corrected chi connectivity index (χ1v) is 11.2. The number of para-hydroxylation sites is 1. The highest BCUT2D eigenvalue weighted by Gasteiger charge is 2.38. The third kappa shape index (κ3) is 5.25. The van der Waals surface area contributed by atoms with Gasteiger partial charge in [0.1, 0.15) is 5.54 Å². The van der Waals surface area contributed by atoms with Crippen LogP contribution in [-0.2, 0) is 19.1 Å². The van der Waals surface area contributed by atoms with Gasteiger partial charge in [0.25, 0.3) is 5.91 Å². The third-order valence-electron chi connectivity index (χ3n) is 6.47. The summed E-state index contributed by atoms with van der Waals surface area (Å²) in [5.41, 5.74) is 1.06. The average Bonchev–Trinajstić information content (AvgIpc) is 3.19. The molecule has 0 radical (unpaired) electrons. The fourth-order valence-corrected chi connectivity index (χ4v) is 4.45. The number of nitrogens with one attached hydrogen (secondary N) is 1. The Morgan fingerprint density at radius 1 is 1.29 bits per heavy atom. The molecule has 1 aliphatic heterocycles. The summed E-state index contributed by atoms with van der Waals surface area (Å²) in [4.78, 5) is 39.1. The van der Waals surface area contributed by atoms with Crippen LogP contribution in [0.25, 0.3) is 0 Å². The molecule has 2 fully saturated rings. The van der Waals surface area contributed by atoms with Crippen LogP contribution in [-0.4, -0.2) is 36.5 Å². The highest BCUT2D eigenvalue weighted by atomic mass is 16.5. The van der Waals surface area contributed by atoms with Gasteiger partial charge in [-0.2, -0.15) is 5.26 Å². The zero-order valence-corrected chi connectivity index (χ0v) is 18.4. The first-order chi connectivity index (χ1) is 14.9. The van der Waals surface area contributed by atoms with Crippen molar-refractivity contribution in [2.45, 2.75) is 70.3 Å². The summed E-state index contributed by atoms with van der Waals surface area (Å²) in [7, 11) is 0. The zero-order valence-electron chi connectivity index (χ0n) is 18.4. The van der Waals surface area contributed by atoms with Crippen LogP contribution in [0.4, 0.5) is 5.69 Å². The first-order valence-electron chi connectivity index (χ1n) is 11.2. The fourth-order valence-electron chi connectivity index (χ4n) is 4.45. The van der Waals surface area contributed by atoms with Gasteiger partial charge in [0.15, 0.2) is 6.61 Å². The van der Waals surface area contributed by atoms with E-state index in [-0.39, 0.29) is 18.9 Å². The maximum absolute atomic E-state index is 12.6. The van der Waals surface area contributed by atoms with Crippen LogP contribution in [0.15, 0.2) is 24.3 Å². The van der Waals surface area contributed by atoms with E-state index < -0.39 is 29.9 Å². The van der Waals surface area contributed by atoms with E-state index in [9.17, 15) is 19.6 Å². The minimum atomic E-state index is -0.860. The molecule has 0 unspecified atom stereocenters. The highest BCUT2D eigenvalue weighted by molar-refractivity contribution is 6.00. The van der Waals surface area contributed by atoms with Crippen molar-refractivity contribution in [2.24, 2.45) is 5.92 Å². The second-order valence-electron chi connectivity index (χ2n) is 8.68. The molecule has 2 aliphatic rings. The summed E-state index contributed by atoms with van der Waals surface area (Å²) in [6.45, 7) is 4.03. The molecule has 7 nitrogen and oxygen atoms in total. The molecule has 0 aromatic heterocycles. The maximum atomic E-state index is 12.6. The van der Waals surface area contributed by atoms with Crippen LogP contribution in [0.2, 0.25) is 0 Å². The lowest BCUT2D eigenvalue weighted by Gasteiger charge is -2.31. The Kier molecular flexibility index (Phi) is 7.32. The molecule has 2 atom stereocenters. The van der Waals surface area contributed by atoms with Gasteiger partial charge in [-0.15, -0.1) is 0 Å². The lowest BCUT2D eigenvalue weighted by molar-refractivity contribution is -0.152. The molecule has 1 aromatic rings. The average molecular weight is 426 g/mol. The number of nitrogens with zero attached hydrogens (tertiary/aromatic N) is 2. The number of ether oxygens (including phenoxy) is 1. The second-order valence-corrected chi connectivity index (χ2v) is 8.68. The van der Waals surface area contributed by atoms with Gasteiger partial charge >= 0.3 is 5.97 Å². The van der Waals surface area contributed by atoms with Crippen molar-refractivity contribution in [1.82, 2.24) is 5.32 Å². The van der Waals surface area contributed by atoms with Crippen molar-refractivity contribution in [2.75, 3.05) is 18.1 Å². The number of esters is 1. The molecule has 31 heavy (non-hydrogen) atoms. The van der Waals surface area contributed by atoms with Crippen LogP contribution in [0, 0.1) is 17.2 Å². The molecular formula is C24H31N3O4. The van der Waals surface area contributed by atoms with E-state index in [4.69, 9.17) is 4.74 Å². The summed E-state index contributed by atoms with van der Waals surface area (Å²) in [6.07, 6.45) is 5.09. The van der Waals surface area contributed by atoms with Gasteiger partial charge in [0.2, 0.25) is 5.91 Å². The lowest BCUT2D eigenvalue weighted by Crippen LogP contribution is -2.50. The van der Waals surface area contributed by atoms with Crippen LogP contribution in [0.3, 0.4) is 0 Å². The van der Waals surface area contributed by atoms with Crippen LogP contribution in [0.1, 0.15) is 70.3 Å². The van der Waals surface area contributed by atoms with E-state index in [1.165, 1.54) is 0 Å². The van der Waals surface area contributed by atoms with E-state index >= 15 is 0 Å². The molecule has 3 rings (SSSR count). The number of nitriles is 1. The molecule has 1 N–H and O–H groups in total. The predicted molar refractivity (Wildman–Crippen MR) is 116 cm³/mol. The third-order valence-corrected chi connectivity index (χ3v) is 6.47. The Morgan fingerprint density at radius 2 is 2.00 bits per heavy atom. The van der Waals surface area contributed by atoms with Crippen LogP contribution in [0.5, 0.6) is 0 Å². The second kappa shape index (κ2) is 9.95. The Balaban J connectivity index is 1.57. The van der Waals surface area contributed by atoms with Gasteiger partial charge in [-0.05, 0) is 36.8 Å². The van der Waals surface area contributed by atoms with E-state index in [1.54, 1.807) is 4.90 Å². The molecule has 1 aromatic carbocycles. The lowest BCUT2D eigenvalue weighted by atomic mass is 9.83. The Bertz CT molecular complexity index is 870. The largest absolute Gasteiger partial charge is 0.455 e. The van der Waals surface area contributed by atoms with Crippen molar-refractivity contribution in [3.05, 3.63) is 29.8 Å². The van der Waals surface area contributed by atoms with Crippen molar-refractivity contribution in [3.8, 4) is 6.07 Å². The number of anilines is 1. The van der Waals surface area contributed by atoms with Crippen LogP contribution >= 0.6 is 0 Å². The van der Waals surface area contributed by atoms with E-state index in [0.29, 0.717) is 18.8 Å². The maximum Gasteiger partial charge on any atom is 0.311 e. The number of hydrogen-bond donors (Lipinski definition) is 1. The Labute approximate surface area is 183 Å². The van der Waals surface area contributed by atoms with Gasteiger partial charge in [0.05, 0.1) is 12.0 Å². The summed E-state index contributed by atoms with van der Waals surface area (Å²) in [6, 6.07) is 9.99. The minimum Gasteiger partial charge on any atom is -0.455 e. The molecule has 7 heteroatoms. The van der Waals surface area contributed by atoms with Gasteiger partial charge in [-0.25, -0.2) is 0 Å². The zero-order chi connectivity index (χ0) is 22.4. The van der Waals surface area contributed by atoms with E-state index in [0.717, 1.165) is 36.9 Å². The standard InChI is InChI=1S/C24H31N3O4/c1-3-17(2)19-9-5-6-10-20(19)27-14-18(13-22(27)29)23(30)31-15-21(28)26-24(16-25)11-7-4-8-12-24/h5-6,9-10,17-18H,3-4,7-8,11-15H2,1-2H3,(H,26,28)/t17-,18+/m1/s1. The summed E-state index contributed by atoms with van der Waals surface area (Å²) in [5.74, 6) is -1.45. The van der Waals surface area contributed by atoms with Crippen molar-refractivity contribution < 1.29 is 19.1 Å². The van der Waals surface area contributed by atoms with E-state index in [2.05, 4.69) is 25.2 Å². The molecule has 166 valence electrons. The molecule has 0 spiro atoms. The van der Waals surface area contributed by atoms with Gasteiger partial charge in [-0.1, -0.05) is 51.3 Å². The molecule has 0 bridgehead atoms. The monoisotopic (exact) mass is 425 g/mol. The van der Waals surface area contributed by atoms with E-state index in [1.807, 2.05) is 24.3 Å². The smallest absolute Gasteiger partial charge is 0.311 e. The molecule has 1 heterocycles. The normalized spacial score (nSPS) is 21.3. The predicted octanol–water partition coefficient (Wildman–Crippen LogP) is 3.44. The number of benzene rings is 1. The van der Waals surface area contributed by atoms with Gasteiger partial charge in [-0.3, -0.25) is 14.4 Å². The summed E-state index contributed by atoms with van der Waals surface area (Å²) >= 11 is 0.